The zero-order valence-corrected chi connectivity index (χ0v) is 10.5. The van der Waals surface area contributed by atoms with Crippen molar-refractivity contribution in [3.05, 3.63) is 29.8 Å². The quantitative estimate of drug-likeness (QED) is 0.864. The highest BCUT2D eigenvalue weighted by atomic mass is 16.1. The van der Waals surface area contributed by atoms with Crippen molar-refractivity contribution >= 4 is 17.2 Å². The number of aliphatic imine (C=N–C) groups is 1. The summed E-state index contributed by atoms with van der Waals surface area (Å²) in [6.45, 7) is 2.14. The molecule has 0 saturated carbocycles. The van der Waals surface area contributed by atoms with Crippen molar-refractivity contribution in [2.24, 2.45) is 10.9 Å². The molecule has 3 nitrogen and oxygen atoms in total. The van der Waals surface area contributed by atoms with Gasteiger partial charge in [0.05, 0.1) is 11.4 Å². The minimum atomic E-state index is 0.215. The Kier molecular flexibility index (Phi) is 3.24. The summed E-state index contributed by atoms with van der Waals surface area (Å²) < 4.78 is 0. The topological polar surface area (TPSA) is 41.5 Å². The van der Waals surface area contributed by atoms with Crippen LogP contribution in [0, 0.1) is 5.92 Å². The van der Waals surface area contributed by atoms with Crippen LogP contribution < -0.4 is 5.32 Å². The molecule has 0 radical (unpaired) electrons. The molecule has 0 unspecified atom stereocenters. The van der Waals surface area contributed by atoms with E-state index in [9.17, 15) is 4.79 Å². The largest absolute Gasteiger partial charge is 0.317 e. The summed E-state index contributed by atoms with van der Waals surface area (Å²) in [7, 11) is 0. The fraction of sp³-hybridized carbons (Fsp3) is 0.467. The Morgan fingerprint density at radius 2 is 2.00 bits per heavy atom. The molecule has 0 bridgehead atoms. The Bertz CT molecular complexity index is 487. The Labute approximate surface area is 107 Å². The van der Waals surface area contributed by atoms with Gasteiger partial charge in [0.2, 0.25) is 0 Å². The highest BCUT2D eigenvalue weighted by molar-refractivity contribution is 6.41. The molecule has 18 heavy (non-hydrogen) atoms. The first-order valence-corrected chi connectivity index (χ1v) is 6.72. The van der Waals surface area contributed by atoms with E-state index in [1.807, 2.05) is 24.3 Å². The number of rotatable bonds is 2. The lowest BCUT2D eigenvalue weighted by Crippen LogP contribution is -2.31. The Morgan fingerprint density at radius 1 is 1.22 bits per heavy atom. The smallest absolute Gasteiger partial charge is 0.181 e. The second-order valence-corrected chi connectivity index (χ2v) is 5.18. The van der Waals surface area contributed by atoms with E-state index in [1.54, 1.807) is 0 Å². The van der Waals surface area contributed by atoms with Gasteiger partial charge in [0.1, 0.15) is 0 Å². The fourth-order valence-electron chi connectivity index (χ4n) is 2.77. The molecular formula is C15H18N2O. The van der Waals surface area contributed by atoms with Crippen molar-refractivity contribution in [3.63, 3.8) is 0 Å². The van der Waals surface area contributed by atoms with E-state index in [1.165, 1.54) is 0 Å². The van der Waals surface area contributed by atoms with Crippen LogP contribution in [0.15, 0.2) is 29.3 Å². The van der Waals surface area contributed by atoms with E-state index in [0.717, 1.165) is 49.3 Å². The maximum absolute atomic E-state index is 12.1. The average molecular weight is 242 g/mol. The van der Waals surface area contributed by atoms with Gasteiger partial charge in [-0.05, 0) is 49.9 Å². The van der Waals surface area contributed by atoms with Gasteiger partial charge >= 0.3 is 0 Å². The van der Waals surface area contributed by atoms with Crippen LogP contribution in [0.1, 0.15) is 24.8 Å². The Morgan fingerprint density at radius 3 is 2.83 bits per heavy atom. The van der Waals surface area contributed by atoms with Gasteiger partial charge in [-0.15, -0.1) is 0 Å². The number of fused-ring (bicyclic) bond motifs is 1. The number of nitrogens with zero attached hydrogens (tertiary/aromatic N) is 1. The molecule has 2 aliphatic rings. The third-order valence-corrected chi connectivity index (χ3v) is 3.86. The first kappa shape index (κ1) is 11.6. The van der Waals surface area contributed by atoms with Crippen LogP contribution in [0.4, 0.5) is 5.69 Å². The number of Topliss-reactive ketones (excluding diaryl/α,β-unsaturated/α-hetero) is 1. The summed E-state index contributed by atoms with van der Waals surface area (Å²) in [5.41, 5.74) is 2.85. The third-order valence-electron chi connectivity index (χ3n) is 3.86. The van der Waals surface area contributed by atoms with E-state index in [-0.39, 0.29) is 5.78 Å². The van der Waals surface area contributed by atoms with E-state index in [2.05, 4.69) is 10.3 Å². The van der Waals surface area contributed by atoms with Gasteiger partial charge in [-0.3, -0.25) is 4.79 Å². The SMILES string of the molecule is O=C1Cc2ccccc2N=C1CC1CCNCC1. The predicted octanol–water partition coefficient (Wildman–Crippen LogP) is 2.27. The third kappa shape index (κ3) is 2.36. The van der Waals surface area contributed by atoms with E-state index in [4.69, 9.17) is 0 Å². The molecule has 0 aromatic heterocycles. The molecule has 0 spiro atoms. The highest BCUT2D eigenvalue weighted by Gasteiger charge is 2.23. The molecule has 2 aliphatic heterocycles. The molecule has 1 aromatic carbocycles. The van der Waals surface area contributed by atoms with Crippen molar-refractivity contribution < 1.29 is 4.79 Å². The van der Waals surface area contributed by atoms with Crippen molar-refractivity contribution in [1.29, 1.82) is 0 Å². The first-order chi connectivity index (χ1) is 8.83. The lowest BCUT2D eigenvalue weighted by atomic mass is 9.88. The molecule has 0 amide bonds. The molecule has 0 atom stereocenters. The second-order valence-electron chi connectivity index (χ2n) is 5.18. The summed E-state index contributed by atoms with van der Waals surface area (Å²) in [5.74, 6) is 0.839. The van der Waals surface area contributed by atoms with E-state index in [0.29, 0.717) is 12.3 Å². The number of piperidine rings is 1. The molecule has 1 saturated heterocycles. The Hall–Kier alpha value is -1.48. The molecule has 1 fully saturated rings. The van der Waals surface area contributed by atoms with Crippen LogP contribution in [0.5, 0.6) is 0 Å². The lowest BCUT2D eigenvalue weighted by Gasteiger charge is -2.24. The molecule has 1 aromatic rings. The van der Waals surface area contributed by atoms with Gasteiger partial charge in [0, 0.05) is 6.42 Å². The molecule has 3 heteroatoms. The summed E-state index contributed by atoms with van der Waals surface area (Å²) in [4.78, 5) is 16.7. The van der Waals surface area contributed by atoms with Crippen molar-refractivity contribution in [3.8, 4) is 0 Å². The molecule has 94 valence electrons. The molecule has 0 aliphatic carbocycles. The number of hydrogen-bond donors (Lipinski definition) is 1. The van der Waals surface area contributed by atoms with Gasteiger partial charge in [0.15, 0.2) is 5.78 Å². The number of ketones is 1. The van der Waals surface area contributed by atoms with Crippen molar-refractivity contribution in [1.82, 2.24) is 5.32 Å². The van der Waals surface area contributed by atoms with Gasteiger partial charge in [0.25, 0.3) is 0 Å². The van der Waals surface area contributed by atoms with Gasteiger partial charge in [-0.1, -0.05) is 18.2 Å². The number of carbonyl (C=O) groups is 1. The molecular weight excluding hydrogens is 224 g/mol. The Balaban J connectivity index is 1.79. The maximum Gasteiger partial charge on any atom is 0.181 e. The lowest BCUT2D eigenvalue weighted by molar-refractivity contribution is -0.112. The zero-order chi connectivity index (χ0) is 12.4. The molecule has 1 N–H and O–H groups in total. The predicted molar refractivity (Wildman–Crippen MR) is 72.5 cm³/mol. The average Bonchev–Trinajstić information content (AvgIpc) is 2.41. The number of benzene rings is 1. The second kappa shape index (κ2) is 5.02. The number of carbonyl (C=O) groups excluding carboxylic acids is 1. The van der Waals surface area contributed by atoms with Crippen LogP contribution in [-0.4, -0.2) is 24.6 Å². The summed E-state index contributed by atoms with van der Waals surface area (Å²) >= 11 is 0. The van der Waals surface area contributed by atoms with Crippen LogP contribution in [0.25, 0.3) is 0 Å². The number of para-hydroxylation sites is 1. The van der Waals surface area contributed by atoms with Gasteiger partial charge in [-0.2, -0.15) is 0 Å². The normalized spacial score (nSPS) is 20.4. The zero-order valence-electron chi connectivity index (χ0n) is 10.5. The number of nitrogens with one attached hydrogen (secondary N) is 1. The number of hydrogen-bond acceptors (Lipinski definition) is 3. The monoisotopic (exact) mass is 242 g/mol. The van der Waals surface area contributed by atoms with E-state index < -0.39 is 0 Å². The minimum Gasteiger partial charge on any atom is -0.317 e. The van der Waals surface area contributed by atoms with Crippen molar-refractivity contribution in [2.45, 2.75) is 25.7 Å². The maximum atomic E-state index is 12.1. The fourth-order valence-corrected chi connectivity index (χ4v) is 2.77. The summed E-state index contributed by atoms with van der Waals surface area (Å²) in [6, 6.07) is 7.96. The van der Waals surface area contributed by atoms with Gasteiger partial charge < -0.3 is 5.32 Å². The standard InChI is InChI=1S/C15H18N2O/c18-15-10-12-3-1-2-4-13(12)17-14(15)9-11-5-7-16-8-6-11/h1-4,11,16H,5-10H2. The van der Waals surface area contributed by atoms with Crippen LogP contribution in [0.3, 0.4) is 0 Å². The first-order valence-electron chi connectivity index (χ1n) is 6.72. The van der Waals surface area contributed by atoms with Crippen LogP contribution in [-0.2, 0) is 11.2 Å². The van der Waals surface area contributed by atoms with Crippen LogP contribution in [0.2, 0.25) is 0 Å². The summed E-state index contributed by atoms with van der Waals surface area (Å²) in [6.07, 6.45) is 3.71. The highest BCUT2D eigenvalue weighted by Crippen LogP contribution is 2.27. The summed E-state index contributed by atoms with van der Waals surface area (Å²) in [5, 5.41) is 3.35. The van der Waals surface area contributed by atoms with E-state index >= 15 is 0 Å². The van der Waals surface area contributed by atoms with Gasteiger partial charge in [-0.25, -0.2) is 4.99 Å². The molecule has 2 heterocycles. The minimum absolute atomic E-state index is 0.215. The molecule has 3 rings (SSSR count). The van der Waals surface area contributed by atoms with Crippen molar-refractivity contribution in [2.75, 3.05) is 13.1 Å². The van der Waals surface area contributed by atoms with Crippen LogP contribution >= 0.6 is 0 Å².